The van der Waals surface area contributed by atoms with E-state index in [2.05, 4.69) is 22.0 Å². The molecule has 1 aliphatic heterocycles. The Labute approximate surface area is 264 Å². The number of nitrogens with zero attached hydrogens (tertiary/aromatic N) is 5. The van der Waals surface area contributed by atoms with Crippen molar-refractivity contribution in [2.45, 2.75) is 39.8 Å². The van der Waals surface area contributed by atoms with Gasteiger partial charge in [0, 0.05) is 78.5 Å². The number of amides is 3. The number of ether oxygens (including phenoxy) is 1. The molecule has 10 heteroatoms. The van der Waals surface area contributed by atoms with Gasteiger partial charge in [0.2, 0.25) is 17.7 Å². The van der Waals surface area contributed by atoms with Crippen LogP contribution in [0.4, 0.5) is 5.69 Å². The Bertz CT molecular complexity index is 1430. The highest BCUT2D eigenvalue weighted by atomic mass is 32.1. The Balaban J connectivity index is 1.63. The van der Waals surface area contributed by atoms with Crippen LogP contribution in [0.25, 0.3) is 6.08 Å². The van der Waals surface area contributed by atoms with Gasteiger partial charge in [0.15, 0.2) is 0 Å². The van der Waals surface area contributed by atoms with E-state index in [4.69, 9.17) is 4.74 Å². The standard InChI is InChI=1S/C34H43N5O4S/c1-25-32(44-26(2)35-25)15-16-33(41)39(31(23-28-9-7-6-8-10-28)34(42)36(4)21-22-43-5)24-29-11-13-30(14-12-29)38-19-17-37(18-20-38)27(3)40/h6-16,31H,17-24H2,1-5H3/t31-/m0/s1. The Morgan fingerprint density at radius 1 is 1.00 bits per heavy atom. The maximum absolute atomic E-state index is 14.0. The van der Waals surface area contributed by atoms with Gasteiger partial charge in [-0.3, -0.25) is 14.4 Å². The molecule has 0 spiro atoms. The topological polar surface area (TPSA) is 86.3 Å². The molecule has 1 aliphatic rings. The molecule has 1 fully saturated rings. The fourth-order valence-electron chi connectivity index (χ4n) is 5.34. The number of carbonyl (C=O) groups excluding carboxylic acids is 3. The van der Waals surface area contributed by atoms with Gasteiger partial charge in [-0.2, -0.15) is 0 Å². The minimum atomic E-state index is -0.722. The van der Waals surface area contributed by atoms with E-state index in [0.29, 0.717) is 32.7 Å². The lowest BCUT2D eigenvalue weighted by molar-refractivity contribution is -0.143. The van der Waals surface area contributed by atoms with Gasteiger partial charge in [0.25, 0.3) is 0 Å². The van der Waals surface area contributed by atoms with Crippen LogP contribution in [0.15, 0.2) is 60.7 Å². The smallest absolute Gasteiger partial charge is 0.247 e. The Morgan fingerprint density at radius 2 is 1.68 bits per heavy atom. The lowest BCUT2D eigenvalue weighted by Crippen LogP contribution is -2.51. The number of anilines is 1. The molecule has 1 atom stereocenters. The third kappa shape index (κ3) is 8.76. The molecule has 3 amide bonds. The van der Waals surface area contributed by atoms with Gasteiger partial charge in [-0.15, -0.1) is 11.3 Å². The normalized spacial score (nSPS) is 14.1. The number of thiazole rings is 1. The van der Waals surface area contributed by atoms with E-state index in [0.717, 1.165) is 45.5 Å². The molecule has 0 aliphatic carbocycles. The summed E-state index contributed by atoms with van der Waals surface area (Å²) in [7, 11) is 3.36. The molecule has 3 aromatic rings. The quantitative estimate of drug-likeness (QED) is 0.284. The summed E-state index contributed by atoms with van der Waals surface area (Å²) in [4.78, 5) is 52.6. The van der Waals surface area contributed by atoms with Crippen molar-refractivity contribution in [3.8, 4) is 0 Å². The third-order valence-corrected chi connectivity index (χ3v) is 8.96. The van der Waals surface area contributed by atoms with Crippen LogP contribution in [0.1, 0.15) is 33.6 Å². The molecule has 4 rings (SSSR count). The molecule has 1 saturated heterocycles. The van der Waals surface area contributed by atoms with E-state index in [1.54, 1.807) is 43.0 Å². The summed E-state index contributed by atoms with van der Waals surface area (Å²) in [6.07, 6.45) is 3.74. The lowest BCUT2D eigenvalue weighted by atomic mass is 10.0. The largest absolute Gasteiger partial charge is 0.383 e. The van der Waals surface area contributed by atoms with Crippen molar-refractivity contribution in [1.29, 1.82) is 0 Å². The molecule has 2 aromatic carbocycles. The SMILES string of the molecule is COCCN(C)C(=O)[C@H](Cc1ccccc1)N(Cc1ccc(N2CCN(C(C)=O)CC2)cc1)C(=O)C=Cc1sc(C)nc1C. The average Bonchev–Trinajstić information content (AvgIpc) is 3.36. The number of hydrogen-bond acceptors (Lipinski definition) is 7. The Kier molecular flexibility index (Phi) is 11.7. The number of carbonyl (C=O) groups is 3. The summed E-state index contributed by atoms with van der Waals surface area (Å²) in [5.41, 5.74) is 3.84. The highest BCUT2D eigenvalue weighted by molar-refractivity contribution is 7.12. The fourth-order valence-corrected chi connectivity index (χ4v) is 6.17. The number of piperazine rings is 1. The van der Waals surface area contributed by atoms with E-state index in [9.17, 15) is 14.4 Å². The monoisotopic (exact) mass is 617 g/mol. The van der Waals surface area contributed by atoms with Crippen molar-refractivity contribution in [3.63, 3.8) is 0 Å². The lowest BCUT2D eigenvalue weighted by Gasteiger charge is -2.36. The van der Waals surface area contributed by atoms with Gasteiger partial charge in [-0.1, -0.05) is 42.5 Å². The molecule has 2 heterocycles. The molecule has 234 valence electrons. The van der Waals surface area contributed by atoms with Gasteiger partial charge in [-0.05, 0) is 43.2 Å². The maximum atomic E-state index is 14.0. The van der Waals surface area contributed by atoms with Crippen molar-refractivity contribution in [3.05, 3.63) is 87.4 Å². The number of aryl methyl sites for hydroxylation is 2. The number of methoxy groups -OCH3 is 1. The zero-order valence-corrected chi connectivity index (χ0v) is 27.2. The van der Waals surface area contributed by atoms with E-state index in [1.165, 1.54) is 11.3 Å². The van der Waals surface area contributed by atoms with Gasteiger partial charge in [0.1, 0.15) is 6.04 Å². The highest BCUT2D eigenvalue weighted by Crippen LogP contribution is 2.23. The maximum Gasteiger partial charge on any atom is 0.247 e. The van der Waals surface area contributed by atoms with Gasteiger partial charge >= 0.3 is 0 Å². The van der Waals surface area contributed by atoms with Crippen molar-refractivity contribution in [2.24, 2.45) is 0 Å². The van der Waals surface area contributed by atoms with Crippen LogP contribution in [-0.4, -0.2) is 96.9 Å². The summed E-state index contributed by atoms with van der Waals surface area (Å²) in [5.74, 6) is -0.279. The van der Waals surface area contributed by atoms with E-state index in [-0.39, 0.29) is 24.3 Å². The summed E-state index contributed by atoms with van der Waals surface area (Å²) in [6.45, 7) is 9.51. The molecular formula is C34H43N5O4S. The van der Waals surface area contributed by atoms with Crippen molar-refractivity contribution in [2.75, 3.05) is 58.4 Å². The minimum absolute atomic E-state index is 0.104. The summed E-state index contributed by atoms with van der Waals surface area (Å²) in [6, 6.07) is 17.2. The summed E-state index contributed by atoms with van der Waals surface area (Å²) in [5, 5.41) is 0.936. The van der Waals surface area contributed by atoms with E-state index >= 15 is 0 Å². The highest BCUT2D eigenvalue weighted by Gasteiger charge is 2.31. The number of likely N-dealkylation sites (N-methyl/N-ethyl adjacent to an activating group) is 1. The zero-order valence-electron chi connectivity index (χ0n) is 26.4. The van der Waals surface area contributed by atoms with Crippen LogP contribution in [-0.2, 0) is 32.1 Å². The van der Waals surface area contributed by atoms with Crippen LogP contribution >= 0.6 is 11.3 Å². The molecule has 0 saturated carbocycles. The van der Waals surface area contributed by atoms with E-state index < -0.39 is 6.04 Å². The average molecular weight is 618 g/mol. The Morgan fingerprint density at radius 3 is 2.27 bits per heavy atom. The second kappa shape index (κ2) is 15.6. The first-order valence-corrected chi connectivity index (χ1v) is 15.8. The van der Waals surface area contributed by atoms with Crippen molar-refractivity contribution >= 4 is 40.8 Å². The number of hydrogen-bond donors (Lipinski definition) is 0. The molecule has 0 radical (unpaired) electrons. The summed E-state index contributed by atoms with van der Waals surface area (Å²) >= 11 is 1.54. The molecule has 1 aromatic heterocycles. The number of rotatable bonds is 12. The van der Waals surface area contributed by atoms with Crippen LogP contribution in [0, 0.1) is 13.8 Å². The molecule has 0 bridgehead atoms. The molecule has 0 unspecified atom stereocenters. The van der Waals surface area contributed by atoms with Gasteiger partial charge < -0.3 is 24.3 Å². The Hall–Kier alpha value is -4.02. The molecular weight excluding hydrogens is 574 g/mol. The van der Waals surface area contributed by atoms with Gasteiger partial charge in [0.05, 0.1) is 22.2 Å². The fraction of sp³-hybridized carbons (Fsp3) is 0.412. The predicted octanol–water partition coefficient (Wildman–Crippen LogP) is 4.19. The van der Waals surface area contributed by atoms with Crippen LogP contribution in [0.5, 0.6) is 0 Å². The van der Waals surface area contributed by atoms with Crippen LogP contribution in [0.2, 0.25) is 0 Å². The first-order chi connectivity index (χ1) is 21.2. The third-order valence-electron chi connectivity index (χ3n) is 7.92. The molecule has 44 heavy (non-hydrogen) atoms. The van der Waals surface area contributed by atoms with Crippen molar-refractivity contribution < 1.29 is 19.1 Å². The predicted molar refractivity (Wildman–Crippen MR) is 176 cm³/mol. The van der Waals surface area contributed by atoms with Crippen molar-refractivity contribution in [1.82, 2.24) is 19.7 Å². The first kappa shape index (κ1) is 32.9. The van der Waals surface area contributed by atoms with E-state index in [1.807, 2.05) is 61.2 Å². The van der Waals surface area contributed by atoms with Crippen LogP contribution < -0.4 is 4.90 Å². The minimum Gasteiger partial charge on any atom is -0.383 e. The summed E-state index contributed by atoms with van der Waals surface area (Å²) < 4.78 is 5.23. The second-order valence-corrected chi connectivity index (χ2v) is 12.3. The molecule has 9 nitrogen and oxygen atoms in total. The first-order valence-electron chi connectivity index (χ1n) is 15.0. The molecule has 0 N–H and O–H groups in total. The number of aromatic nitrogens is 1. The van der Waals surface area contributed by atoms with Crippen LogP contribution in [0.3, 0.4) is 0 Å². The van der Waals surface area contributed by atoms with Gasteiger partial charge in [-0.25, -0.2) is 4.98 Å². The number of benzene rings is 2. The zero-order chi connectivity index (χ0) is 31.6. The second-order valence-electron chi connectivity index (χ2n) is 11.1.